The molecule has 0 radical (unpaired) electrons. The van der Waals surface area contributed by atoms with E-state index in [1.54, 1.807) is 20.2 Å². The van der Waals surface area contributed by atoms with Crippen molar-refractivity contribution < 1.29 is 8.78 Å². The molecule has 0 spiro atoms. The normalized spacial score (nSPS) is 12.4. The molecule has 0 fully saturated rings. The molecule has 1 unspecified atom stereocenters. The summed E-state index contributed by atoms with van der Waals surface area (Å²) >= 11 is 0. The largest absolute Gasteiger partial charge is 0.308 e. The SMILES string of the molecule is CNC(c1cnc(C)cn1)c1c(F)cccc1F. The summed E-state index contributed by atoms with van der Waals surface area (Å²) in [5.41, 5.74) is 1.19. The predicted octanol–water partition coefficient (Wildman–Crippen LogP) is 2.37. The van der Waals surface area contributed by atoms with Crippen LogP contribution >= 0.6 is 0 Å². The molecule has 5 heteroatoms. The summed E-state index contributed by atoms with van der Waals surface area (Å²) in [6.45, 7) is 1.80. The molecule has 3 nitrogen and oxygen atoms in total. The van der Waals surface area contributed by atoms with Gasteiger partial charge in [0.15, 0.2) is 0 Å². The van der Waals surface area contributed by atoms with Crippen molar-refractivity contribution >= 4 is 0 Å². The van der Waals surface area contributed by atoms with Crippen LogP contribution in [0.4, 0.5) is 8.78 Å². The highest BCUT2D eigenvalue weighted by Crippen LogP contribution is 2.24. The zero-order valence-electron chi connectivity index (χ0n) is 10.1. The van der Waals surface area contributed by atoms with E-state index in [4.69, 9.17) is 0 Å². The van der Waals surface area contributed by atoms with Crippen molar-refractivity contribution in [1.82, 2.24) is 15.3 Å². The fraction of sp³-hybridized carbons (Fsp3) is 0.231. The Morgan fingerprint density at radius 2 is 1.78 bits per heavy atom. The Labute approximate surface area is 104 Å². The van der Waals surface area contributed by atoms with Crippen molar-refractivity contribution in [1.29, 1.82) is 0 Å². The van der Waals surface area contributed by atoms with Crippen LogP contribution in [-0.4, -0.2) is 17.0 Å². The molecule has 0 amide bonds. The topological polar surface area (TPSA) is 37.8 Å². The minimum absolute atomic E-state index is 0.0434. The number of nitrogens with zero attached hydrogens (tertiary/aromatic N) is 2. The summed E-state index contributed by atoms with van der Waals surface area (Å²) in [6, 6.07) is 3.13. The van der Waals surface area contributed by atoms with Gasteiger partial charge in [-0.25, -0.2) is 8.78 Å². The smallest absolute Gasteiger partial charge is 0.131 e. The minimum Gasteiger partial charge on any atom is -0.308 e. The average molecular weight is 249 g/mol. The van der Waals surface area contributed by atoms with Gasteiger partial charge in [0, 0.05) is 11.8 Å². The molecule has 0 bridgehead atoms. The Bertz CT molecular complexity index is 520. The van der Waals surface area contributed by atoms with Crippen molar-refractivity contribution in [3.8, 4) is 0 Å². The lowest BCUT2D eigenvalue weighted by atomic mass is 10.0. The van der Waals surface area contributed by atoms with Gasteiger partial charge in [-0.15, -0.1) is 0 Å². The lowest BCUT2D eigenvalue weighted by Gasteiger charge is -2.17. The maximum Gasteiger partial charge on any atom is 0.131 e. The molecule has 0 saturated carbocycles. The van der Waals surface area contributed by atoms with Gasteiger partial charge in [-0.1, -0.05) is 6.07 Å². The minimum atomic E-state index is -0.653. The molecule has 0 saturated heterocycles. The molecule has 0 aliphatic rings. The predicted molar refractivity (Wildman–Crippen MR) is 64.0 cm³/mol. The number of aromatic nitrogens is 2. The number of nitrogens with one attached hydrogen (secondary N) is 1. The second-order valence-corrected chi connectivity index (χ2v) is 3.94. The van der Waals surface area contributed by atoms with Gasteiger partial charge in [0.2, 0.25) is 0 Å². The van der Waals surface area contributed by atoms with E-state index in [9.17, 15) is 8.78 Å². The highest BCUT2D eigenvalue weighted by molar-refractivity contribution is 5.29. The Balaban J connectivity index is 2.48. The third-order valence-electron chi connectivity index (χ3n) is 2.67. The van der Waals surface area contributed by atoms with Gasteiger partial charge in [-0.2, -0.15) is 0 Å². The molecule has 1 N–H and O–H groups in total. The average Bonchev–Trinajstić information content (AvgIpc) is 2.35. The van der Waals surface area contributed by atoms with Crippen molar-refractivity contribution in [2.24, 2.45) is 0 Å². The second kappa shape index (κ2) is 5.18. The molecule has 0 aliphatic heterocycles. The molecule has 18 heavy (non-hydrogen) atoms. The monoisotopic (exact) mass is 249 g/mol. The highest BCUT2D eigenvalue weighted by atomic mass is 19.1. The Hall–Kier alpha value is -1.88. The number of aryl methyl sites for hydroxylation is 1. The fourth-order valence-electron chi connectivity index (χ4n) is 1.78. The van der Waals surface area contributed by atoms with E-state index in [2.05, 4.69) is 15.3 Å². The number of hydrogen-bond donors (Lipinski definition) is 1. The van der Waals surface area contributed by atoms with Crippen molar-refractivity contribution in [3.63, 3.8) is 0 Å². The van der Waals surface area contributed by atoms with Gasteiger partial charge < -0.3 is 5.32 Å². The molecule has 2 aromatic rings. The van der Waals surface area contributed by atoms with E-state index < -0.39 is 17.7 Å². The molecular weight excluding hydrogens is 236 g/mol. The second-order valence-electron chi connectivity index (χ2n) is 3.94. The first-order valence-electron chi connectivity index (χ1n) is 5.53. The van der Waals surface area contributed by atoms with Crippen molar-refractivity contribution in [2.45, 2.75) is 13.0 Å². The first-order valence-corrected chi connectivity index (χ1v) is 5.53. The molecule has 1 heterocycles. The summed E-state index contributed by atoms with van der Waals surface area (Å²) in [5, 5.41) is 2.85. The third-order valence-corrected chi connectivity index (χ3v) is 2.67. The van der Waals surface area contributed by atoms with Crippen LogP contribution in [0.25, 0.3) is 0 Å². The maximum atomic E-state index is 13.7. The van der Waals surface area contributed by atoms with E-state index in [1.165, 1.54) is 24.4 Å². The molecule has 2 rings (SSSR count). The number of hydrogen-bond acceptors (Lipinski definition) is 3. The zero-order valence-corrected chi connectivity index (χ0v) is 10.1. The van der Waals surface area contributed by atoms with Crippen LogP contribution in [0, 0.1) is 18.6 Å². The van der Waals surface area contributed by atoms with Gasteiger partial charge >= 0.3 is 0 Å². The molecule has 1 aromatic carbocycles. The third kappa shape index (κ3) is 2.36. The van der Waals surface area contributed by atoms with Crippen LogP contribution in [0.5, 0.6) is 0 Å². The van der Waals surface area contributed by atoms with Gasteiger partial charge in [-0.05, 0) is 26.1 Å². The van der Waals surface area contributed by atoms with E-state index in [0.717, 1.165) is 5.69 Å². The van der Waals surface area contributed by atoms with E-state index in [1.807, 2.05) is 0 Å². The summed E-state index contributed by atoms with van der Waals surface area (Å²) in [5.74, 6) is -1.20. The lowest BCUT2D eigenvalue weighted by Crippen LogP contribution is -2.21. The van der Waals surface area contributed by atoms with Gasteiger partial charge in [0.25, 0.3) is 0 Å². The Morgan fingerprint density at radius 3 is 2.28 bits per heavy atom. The van der Waals surface area contributed by atoms with Crippen LogP contribution in [0.1, 0.15) is 23.0 Å². The summed E-state index contributed by atoms with van der Waals surface area (Å²) in [4.78, 5) is 8.24. The quantitative estimate of drug-likeness (QED) is 0.907. The first kappa shape index (κ1) is 12.6. The van der Waals surface area contributed by atoms with Crippen LogP contribution in [-0.2, 0) is 0 Å². The van der Waals surface area contributed by atoms with Crippen LogP contribution < -0.4 is 5.32 Å². The Morgan fingerprint density at radius 1 is 1.11 bits per heavy atom. The molecular formula is C13H13F2N3. The summed E-state index contributed by atoms with van der Waals surface area (Å²) in [6.07, 6.45) is 3.08. The van der Waals surface area contributed by atoms with E-state index in [-0.39, 0.29) is 5.56 Å². The van der Waals surface area contributed by atoms with Crippen LogP contribution in [0.2, 0.25) is 0 Å². The van der Waals surface area contributed by atoms with Gasteiger partial charge in [0.1, 0.15) is 11.6 Å². The van der Waals surface area contributed by atoms with Crippen LogP contribution in [0.15, 0.2) is 30.6 Å². The first-order chi connectivity index (χ1) is 8.63. The lowest BCUT2D eigenvalue weighted by molar-refractivity contribution is 0.517. The Kier molecular flexibility index (Phi) is 3.62. The van der Waals surface area contributed by atoms with Crippen molar-refractivity contribution in [2.75, 3.05) is 7.05 Å². The van der Waals surface area contributed by atoms with E-state index >= 15 is 0 Å². The maximum absolute atomic E-state index is 13.7. The van der Waals surface area contributed by atoms with Crippen molar-refractivity contribution in [3.05, 3.63) is 59.2 Å². The summed E-state index contributed by atoms with van der Waals surface area (Å²) < 4.78 is 27.4. The molecule has 0 aliphatic carbocycles. The molecule has 1 aromatic heterocycles. The van der Waals surface area contributed by atoms with Gasteiger partial charge in [0.05, 0.1) is 23.6 Å². The molecule has 94 valence electrons. The summed E-state index contributed by atoms with van der Waals surface area (Å²) in [7, 11) is 1.62. The van der Waals surface area contributed by atoms with Gasteiger partial charge in [-0.3, -0.25) is 9.97 Å². The number of rotatable bonds is 3. The number of benzene rings is 1. The molecule has 1 atom stereocenters. The number of halogens is 2. The fourth-order valence-corrected chi connectivity index (χ4v) is 1.78. The van der Waals surface area contributed by atoms with E-state index in [0.29, 0.717) is 5.69 Å². The standard InChI is InChI=1S/C13H13F2N3/c1-8-6-18-11(7-17-8)13(16-2)12-9(14)4-3-5-10(12)15/h3-7,13,16H,1-2H3. The highest BCUT2D eigenvalue weighted by Gasteiger charge is 2.21. The zero-order chi connectivity index (χ0) is 13.1. The van der Waals surface area contributed by atoms with Crippen LogP contribution in [0.3, 0.4) is 0 Å².